The topological polar surface area (TPSA) is 95.1 Å². The smallest absolute Gasteiger partial charge is 0.309 e. The van der Waals surface area contributed by atoms with Gasteiger partial charge in [-0.3, -0.25) is 14.7 Å². The molecule has 6 nitrogen and oxygen atoms in total. The van der Waals surface area contributed by atoms with Gasteiger partial charge >= 0.3 is 5.97 Å². The Labute approximate surface area is 122 Å². The van der Waals surface area contributed by atoms with Crippen LogP contribution in [0.15, 0.2) is 12.3 Å². The van der Waals surface area contributed by atoms with E-state index in [0.717, 1.165) is 25.7 Å². The third-order valence-corrected chi connectivity index (χ3v) is 5.69. The summed E-state index contributed by atoms with van der Waals surface area (Å²) in [4.78, 5) is 24.2. The van der Waals surface area contributed by atoms with Gasteiger partial charge in [0.05, 0.1) is 11.5 Å². The quantitative estimate of drug-likeness (QED) is 0.784. The van der Waals surface area contributed by atoms with Gasteiger partial charge in [0, 0.05) is 6.20 Å². The summed E-state index contributed by atoms with van der Waals surface area (Å²) < 4.78 is 0. The summed E-state index contributed by atoms with van der Waals surface area (Å²) in [5.41, 5.74) is -0.169. The zero-order valence-corrected chi connectivity index (χ0v) is 11.7. The summed E-state index contributed by atoms with van der Waals surface area (Å²) in [7, 11) is 0. The van der Waals surface area contributed by atoms with Crippen molar-refractivity contribution in [2.75, 3.05) is 0 Å². The molecule has 1 amide bonds. The molecule has 1 aromatic heterocycles. The first-order valence-corrected chi connectivity index (χ1v) is 7.62. The van der Waals surface area contributed by atoms with Gasteiger partial charge in [-0.05, 0) is 55.9 Å². The highest BCUT2D eigenvalue weighted by atomic mass is 16.4. The van der Waals surface area contributed by atoms with Crippen LogP contribution in [0, 0.1) is 23.7 Å². The number of hydrogen-bond donors (Lipinski definition) is 3. The van der Waals surface area contributed by atoms with Gasteiger partial charge in [-0.25, -0.2) is 0 Å². The van der Waals surface area contributed by atoms with Crippen molar-refractivity contribution < 1.29 is 14.7 Å². The molecule has 0 radical (unpaired) electrons. The van der Waals surface area contributed by atoms with Crippen molar-refractivity contribution in [1.29, 1.82) is 0 Å². The Bertz CT molecular complexity index is 569. The summed E-state index contributed by atoms with van der Waals surface area (Å²) >= 11 is 0. The van der Waals surface area contributed by atoms with Gasteiger partial charge in [-0.1, -0.05) is 0 Å². The van der Waals surface area contributed by atoms with Crippen LogP contribution in [-0.2, 0) is 4.79 Å². The van der Waals surface area contributed by atoms with Gasteiger partial charge in [0.1, 0.15) is 5.69 Å². The van der Waals surface area contributed by atoms with E-state index >= 15 is 0 Å². The Morgan fingerprint density at radius 1 is 1.29 bits per heavy atom. The van der Waals surface area contributed by atoms with E-state index in [9.17, 15) is 14.7 Å². The lowest BCUT2D eigenvalue weighted by Crippen LogP contribution is -2.67. The van der Waals surface area contributed by atoms with E-state index in [4.69, 9.17) is 0 Å². The van der Waals surface area contributed by atoms with Crippen molar-refractivity contribution in [2.45, 2.75) is 37.6 Å². The molecule has 3 N–H and O–H groups in total. The SMILES string of the molecule is O=C(NC12CC3CC(CC(C3)C1C(=O)O)C2)c1ccn[nH]1. The zero-order valence-electron chi connectivity index (χ0n) is 11.7. The summed E-state index contributed by atoms with van der Waals surface area (Å²) in [5.74, 6) is -0.0854. The number of nitrogens with zero attached hydrogens (tertiary/aromatic N) is 1. The molecule has 4 bridgehead atoms. The van der Waals surface area contributed by atoms with Crippen molar-refractivity contribution in [3.63, 3.8) is 0 Å². The minimum Gasteiger partial charge on any atom is -0.481 e. The van der Waals surface area contributed by atoms with E-state index in [2.05, 4.69) is 15.5 Å². The summed E-state index contributed by atoms with van der Waals surface area (Å²) in [6.07, 6.45) is 6.35. The summed E-state index contributed by atoms with van der Waals surface area (Å²) in [6.45, 7) is 0. The number of aliphatic carboxylic acids is 1. The number of carboxylic acids is 1. The average molecular weight is 289 g/mol. The molecular formula is C15H19N3O3. The van der Waals surface area contributed by atoms with Crippen LogP contribution >= 0.6 is 0 Å². The van der Waals surface area contributed by atoms with E-state index < -0.39 is 17.4 Å². The summed E-state index contributed by atoms with van der Waals surface area (Å²) in [6, 6.07) is 1.62. The molecule has 4 aliphatic rings. The molecule has 1 aromatic rings. The third-order valence-electron chi connectivity index (χ3n) is 5.69. The predicted octanol–water partition coefficient (Wildman–Crippen LogP) is 1.42. The monoisotopic (exact) mass is 289 g/mol. The molecule has 0 aliphatic heterocycles. The van der Waals surface area contributed by atoms with Crippen LogP contribution in [0.25, 0.3) is 0 Å². The van der Waals surface area contributed by atoms with Crippen LogP contribution < -0.4 is 5.32 Å². The molecule has 3 unspecified atom stereocenters. The Balaban J connectivity index is 1.66. The average Bonchev–Trinajstić information content (AvgIpc) is 2.89. The highest BCUT2D eigenvalue weighted by Crippen LogP contribution is 2.58. The van der Waals surface area contributed by atoms with Gasteiger partial charge < -0.3 is 10.4 Å². The van der Waals surface area contributed by atoms with Crippen LogP contribution in [0.1, 0.15) is 42.6 Å². The van der Waals surface area contributed by atoms with Crippen LogP contribution in [0.2, 0.25) is 0 Å². The molecule has 0 spiro atoms. The lowest BCUT2D eigenvalue weighted by molar-refractivity contribution is -0.159. The number of carbonyl (C=O) groups is 2. The fourth-order valence-electron chi connectivity index (χ4n) is 5.33. The van der Waals surface area contributed by atoms with Crippen LogP contribution in [0.5, 0.6) is 0 Å². The van der Waals surface area contributed by atoms with E-state index in [1.54, 1.807) is 6.07 Å². The number of aromatic amines is 1. The Hall–Kier alpha value is -1.85. The molecule has 4 aliphatic carbocycles. The molecule has 1 heterocycles. The van der Waals surface area contributed by atoms with Crippen LogP contribution in [0.4, 0.5) is 0 Å². The van der Waals surface area contributed by atoms with Crippen LogP contribution in [-0.4, -0.2) is 32.7 Å². The van der Waals surface area contributed by atoms with Gasteiger partial charge in [-0.2, -0.15) is 5.10 Å². The zero-order chi connectivity index (χ0) is 14.6. The number of rotatable bonds is 3. The fourth-order valence-corrected chi connectivity index (χ4v) is 5.33. The summed E-state index contributed by atoms with van der Waals surface area (Å²) in [5, 5.41) is 19.2. The maximum atomic E-state index is 12.4. The molecule has 0 saturated heterocycles. The Morgan fingerprint density at radius 2 is 2.00 bits per heavy atom. The van der Waals surface area contributed by atoms with E-state index in [0.29, 0.717) is 17.5 Å². The minimum absolute atomic E-state index is 0.218. The molecule has 0 aromatic carbocycles. The maximum absolute atomic E-state index is 12.4. The molecule has 4 fully saturated rings. The number of nitrogens with one attached hydrogen (secondary N) is 2. The van der Waals surface area contributed by atoms with E-state index in [1.807, 2.05) is 0 Å². The second-order valence-electron chi connectivity index (χ2n) is 7.00. The van der Waals surface area contributed by atoms with Gasteiger partial charge in [0.2, 0.25) is 0 Å². The molecule has 5 rings (SSSR count). The second-order valence-corrected chi connectivity index (χ2v) is 7.00. The molecule has 112 valence electrons. The van der Waals surface area contributed by atoms with Crippen molar-refractivity contribution in [1.82, 2.24) is 15.5 Å². The van der Waals surface area contributed by atoms with Crippen molar-refractivity contribution >= 4 is 11.9 Å². The highest BCUT2D eigenvalue weighted by molar-refractivity contribution is 5.93. The lowest BCUT2D eigenvalue weighted by atomic mass is 9.48. The molecule has 3 atom stereocenters. The number of carbonyl (C=O) groups excluding carboxylic acids is 1. The number of amides is 1. The van der Waals surface area contributed by atoms with Crippen molar-refractivity contribution in [2.24, 2.45) is 23.7 Å². The number of carboxylic acid groups (broad SMARTS) is 1. The fraction of sp³-hybridized carbons (Fsp3) is 0.667. The van der Waals surface area contributed by atoms with Gasteiger partial charge in [-0.15, -0.1) is 0 Å². The van der Waals surface area contributed by atoms with Crippen molar-refractivity contribution in [3.8, 4) is 0 Å². The number of aromatic nitrogens is 2. The van der Waals surface area contributed by atoms with E-state index in [-0.39, 0.29) is 11.8 Å². The Kier molecular flexibility index (Phi) is 2.65. The first kappa shape index (κ1) is 12.9. The highest BCUT2D eigenvalue weighted by Gasteiger charge is 2.60. The number of hydrogen-bond acceptors (Lipinski definition) is 3. The van der Waals surface area contributed by atoms with Crippen molar-refractivity contribution in [3.05, 3.63) is 18.0 Å². The van der Waals surface area contributed by atoms with E-state index in [1.165, 1.54) is 12.6 Å². The lowest BCUT2D eigenvalue weighted by Gasteiger charge is -2.59. The Morgan fingerprint density at radius 3 is 2.57 bits per heavy atom. The molecule has 21 heavy (non-hydrogen) atoms. The first-order chi connectivity index (χ1) is 10.1. The standard InChI is InChI=1S/C15H19N3O3/c19-13(11-1-2-16-18-11)17-15-6-8-3-9(7-15)5-10(4-8)12(15)14(20)21/h1-2,8-10,12H,3-7H2,(H,16,18)(H,17,19)(H,20,21). The predicted molar refractivity (Wildman–Crippen MR) is 73.5 cm³/mol. The second kappa shape index (κ2) is 4.32. The van der Waals surface area contributed by atoms with Gasteiger partial charge in [0.15, 0.2) is 0 Å². The first-order valence-electron chi connectivity index (χ1n) is 7.62. The minimum atomic E-state index is -0.760. The molecular weight excluding hydrogens is 270 g/mol. The third kappa shape index (κ3) is 1.88. The van der Waals surface area contributed by atoms with Crippen LogP contribution in [0.3, 0.4) is 0 Å². The maximum Gasteiger partial charge on any atom is 0.309 e. The van der Waals surface area contributed by atoms with Gasteiger partial charge in [0.25, 0.3) is 5.91 Å². The normalized spacial score (nSPS) is 40.2. The molecule has 4 saturated carbocycles. The number of H-pyrrole nitrogens is 1. The largest absolute Gasteiger partial charge is 0.481 e. The molecule has 6 heteroatoms.